The second kappa shape index (κ2) is 8.60. The molecule has 6 nitrogen and oxygen atoms in total. The van der Waals surface area contributed by atoms with Crippen molar-refractivity contribution in [1.82, 2.24) is 19.9 Å². The van der Waals surface area contributed by atoms with Crippen LogP contribution in [0.1, 0.15) is 35.7 Å². The number of benzene rings is 1. The number of hydrogen-bond donors (Lipinski definition) is 0. The Morgan fingerprint density at radius 3 is 2.96 bits per heavy atom. The summed E-state index contributed by atoms with van der Waals surface area (Å²) in [7, 11) is 0. The van der Waals surface area contributed by atoms with Crippen molar-refractivity contribution in [2.75, 3.05) is 0 Å². The molecule has 0 unspecified atom stereocenters. The molecule has 0 aliphatic heterocycles. The van der Waals surface area contributed by atoms with Crippen molar-refractivity contribution in [3.63, 3.8) is 0 Å². The van der Waals surface area contributed by atoms with Crippen LogP contribution in [0.3, 0.4) is 0 Å². The van der Waals surface area contributed by atoms with Gasteiger partial charge in [0, 0.05) is 24.3 Å². The van der Waals surface area contributed by atoms with Crippen molar-refractivity contribution in [1.29, 1.82) is 0 Å². The van der Waals surface area contributed by atoms with E-state index in [4.69, 9.17) is 9.26 Å². The van der Waals surface area contributed by atoms with Crippen molar-refractivity contribution in [3.05, 3.63) is 65.6 Å². The minimum Gasteiger partial charge on any atom is -0.483 e. The van der Waals surface area contributed by atoms with E-state index in [1.807, 2.05) is 4.57 Å². The lowest BCUT2D eigenvalue weighted by Gasteiger charge is -2.10. The monoisotopic (exact) mass is 400 g/mol. The Kier molecular flexibility index (Phi) is 5.76. The van der Waals surface area contributed by atoms with Gasteiger partial charge < -0.3 is 9.26 Å². The molecule has 3 aromatic rings. The fraction of sp³-hybridized carbons (Fsp3) is 0.350. The lowest BCUT2D eigenvalue weighted by atomic mass is 9.97. The van der Waals surface area contributed by atoms with Gasteiger partial charge in [-0.2, -0.15) is 0 Å². The van der Waals surface area contributed by atoms with Gasteiger partial charge in [0.25, 0.3) is 0 Å². The average molecular weight is 400 g/mol. The molecule has 28 heavy (non-hydrogen) atoms. The van der Waals surface area contributed by atoms with Crippen LogP contribution >= 0.6 is 11.8 Å². The van der Waals surface area contributed by atoms with Crippen LogP contribution in [-0.4, -0.2) is 19.9 Å². The number of nitrogens with zero attached hydrogens (tertiary/aromatic N) is 4. The first-order chi connectivity index (χ1) is 13.8. The Morgan fingerprint density at radius 1 is 1.25 bits per heavy atom. The third-order valence-electron chi connectivity index (χ3n) is 4.67. The number of hydrogen-bond acceptors (Lipinski definition) is 6. The highest BCUT2D eigenvalue weighted by molar-refractivity contribution is 7.98. The standard InChI is InChI=1S/C20H21FN4O2S/c1-2-11-25-19(12-26-18-10-6-4-8-15(18)21)22-23-20(25)28-13-16-14-7-3-5-9-17(14)27-24-16/h2,4,6,8,10H,1,3,5,7,9,11-13H2. The summed E-state index contributed by atoms with van der Waals surface area (Å²) in [5.41, 5.74) is 2.23. The zero-order valence-electron chi connectivity index (χ0n) is 15.4. The molecule has 2 aromatic heterocycles. The smallest absolute Gasteiger partial charge is 0.191 e. The van der Waals surface area contributed by atoms with Crippen molar-refractivity contribution >= 4 is 11.8 Å². The summed E-state index contributed by atoms with van der Waals surface area (Å²) in [6.45, 7) is 4.47. The zero-order chi connectivity index (χ0) is 19.3. The van der Waals surface area contributed by atoms with E-state index in [0.29, 0.717) is 18.1 Å². The molecule has 0 spiro atoms. The van der Waals surface area contributed by atoms with Crippen molar-refractivity contribution in [2.24, 2.45) is 0 Å². The molecule has 4 rings (SSSR count). The zero-order valence-corrected chi connectivity index (χ0v) is 16.3. The van der Waals surface area contributed by atoms with Gasteiger partial charge in [-0.25, -0.2) is 4.39 Å². The van der Waals surface area contributed by atoms with Crippen LogP contribution in [0, 0.1) is 5.82 Å². The number of rotatable bonds is 8. The number of allylic oxidation sites excluding steroid dienone is 1. The van der Waals surface area contributed by atoms with Crippen LogP contribution in [0.5, 0.6) is 5.75 Å². The van der Waals surface area contributed by atoms with Gasteiger partial charge in [0.15, 0.2) is 22.5 Å². The van der Waals surface area contributed by atoms with Gasteiger partial charge in [0.2, 0.25) is 0 Å². The maximum absolute atomic E-state index is 13.8. The Bertz CT molecular complexity index is 969. The predicted molar refractivity (Wildman–Crippen MR) is 104 cm³/mol. The number of para-hydroxylation sites is 1. The second-order valence-corrected chi connectivity index (χ2v) is 7.49. The molecule has 0 saturated heterocycles. The highest BCUT2D eigenvalue weighted by Crippen LogP contribution is 2.29. The molecule has 0 bridgehead atoms. The molecule has 0 radical (unpaired) electrons. The minimum atomic E-state index is -0.400. The Hall–Kier alpha value is -2.61. The summed E-state index contributed by atoms with van der Waals surface area (Å²) in [4.78, 5) is 0. The first-order valence-corrected chi connectivity index (χ1v) is 10.2. The van der Waals surface area contributed by atoms with Crippen LogP contribution in [-0.2, 0) is 31.7 Å². The highest BCUT2D eigenvalue weighted by Gasteiger charge is 2.20. The molecular formula is C20H21FN4O2S. The summed E-state index contributed by atoms with van der Waals surface area (Å²) in [5, 5.41) is 13.5. The summed E-state index contributed by atoms with van der Waals surface area (Å²) >= 11 is 1.55. The third-order valence-corrected chi connectivity index (χ3v) is 5.65. The lowest BCUT2D eigenvalue weighted by Crippen LogP contribution is -2.08. The van der Waals surface area contributed by atoms with Crippen molar-refractivity contribution in [2.45, 2.75) is 49.7 Å². The quantitative estimate of drug-likeness (QED) is 0.414. The maximum atomic E-state index is 13.8. The first kappa shape index (κ1) is 18.7. The normalized spacial score (nSPS) is 13.3. The largest absolute Gasteiger partial charge is 0.483 e. The third kappa shape index (κ3) is 3.96. The van der Waals surface area contributed by atoms with E-state index in [0.717, 1.165) is 35.9 Å². The van der Waals surface area contributed by atoms with E-state index >= 15 is 0 Å². The number of aryl methyl sites for hydroxylation is 1. The topological polar surface area (TPSA) is 66.0 Å². The molecule has 8 heteroatoms. The molecule has 2 heterocycles. The molecule has 1 aliphatic rings. The van der Waals surface area contributed by atoms with Gasteiger partial charge in [-0.1, -0.05) is 35.1 Å². The summed E-state index contributed by atoms with van der Waals surface area (Å²) in [6.07, 6.45) is 6.11. The Labute approximate surface area is 166 Å². The summed E-state index contributed by atoms with van der Waals surface area (Å²) in [5.74, 6) is 2.10. The minimum absolute atomic E-state index is 0.127. The van der Waals surface area contributed by atoms with Crippen LogP contribution < -0.4 is 4.74 Å². The van der Waals surface area contributed by atoms with Gasteiger partial charge >= 0.3 is 0 Å². The molecule has 146 valence electrons. The molecule has 0 fully saturated rings. The van der Waals surface area contributed by atoms with E-state index < -0.39 is 5.82 Å². The number of thioether (sulfide) groups is 1. The fourth-order valence-electron chi connectivity index (χ4n) is 3.24. The Balaban J connectivity index is 1.46. The maximum Gasteiger partial charge on any atom is 0.191 e. The van der Waals surface area contributed by atoms with Crippen LogP contribution in [0.4, 0.5) is 4.39 Å². The van der Waals surface area contributed by atoms with E-state index in [2.05, 4.69) is 21.9 Å². The molecule has 0 amide bonds. The highest BCUT2D eigenvalue weighted by atomic mass is 32.2. The summed E-state index contributed by atoms with van der Waals surface area (Å²) < 4.78 is 26.7. The van der Waals surface area contributed by atoms with Crippen LogP contribution in [0.2, 0.25) is 0 Å². The number of ether oxygens (including phenoxy) is 1. The van der Waals surface area contributed by atoms with Gasteiger partial charge in [0.1, 0.15) is 12.4 Å². The Morgan fingerprint density at radius 2 is 2.11 bits per heavy atom. The van der Waals surface area contributed by atoms with Crippen LogP contribution in [0.15, 0.2) is 46.6 Å². The van der Waals surface area contributed by atoms with Gasteiger partial charge in [-0.05, 0) is 31.4 Å². The molecule has 0 N–H and O–H groups in total. The second-order valence-electron chi connectivity index (χ2n) is 6.54. The van der Waals surface area contributed by atoms with E-state index in [-0.39, 0.29) is 12.4 Å². The SMILES string of the molecule is C=CCn1c(COc2ccccc2F)nnc1SCc1noc2c1CCCC2. The predicted octanol–water partition coefficient (Wildman–Crippen LogP) is 4.34. The van der Waals surface area contributed by atoms with E-state index in [1.165, 1.54) is 18.1 Å². The van der Waals surface area contributed by atoms with E-state index in [9.17, 15) is 4.39 Å². The molecule has 0 saturated carbocycles. The average Bonchev–Trinajstić information content (AvgIpc) is 3.30. The van der Waals surface area contributed by atoms with Gasteiger partial charge in [0.05, 0.1) is 5.69 Å². The number of halogens is 1. The van der Waals surface area contributed by atoms with Gasteiger partial charge in [-0.15, -0.1) is 16.8 Å². The molecule has 0 atom stereocenters. The van der Waals surface area contributed by atoms with Crippen LogP contribution in [0.25, 0.3) is 0 Å². The van der Waals surface area contributed by atoms with E-state index in [1.54, 1.807) is 36.0 Å². The molecular weight excluding hydrogens is 379 g/mol. The molecule has 1 aliphatic carbocycles. The number of fused-ring (bicyclic) bond motifs is 1. The lowest BCUT2D eigenvalue weighted by molar-refractivity contribution is 0.275. The number of aromatic nitrogens is 4. The molecule has 1 aromatic carbocycles. The van der Waals surface area contributed by atoms with Gasteiger partial charge in [-0.3, -0.25) is 4.57 Å². The fourth-order valence-corrected chi connectivity index (χ4v) is 4.17. The van der Waals surface area contributed by atoms with Crippen molar-refractivity contribution < 1.29 is 13.7 Å². The van der Waals surface area contributed by atoms with Crippen molar-refractivity contribution in [3.8, 4) is 5.75 Å². The summed E-state index contributed by atoms with van der Waals surface area (Å²) in [6, 6.07) is 6.31. The first-order valence-electron chi connectivity index (χ1n) is 9.25.